The van der Waals surface area contributed by atoms with E-state index in [1.807, 2.05) is 37.3 Å². The van der Waals surface area contributed by atoms with Crippen molar-refractivity contribution in [3.8, 4) is 0 Å². The van der Waals surface area contributed by atoms with Crippen LogP contribution in [0, 0.1) is 11.3 Å². The largest absolute Gasteiger partial charge is 0.384 e. The van der Waals surface area contributed by atoms with Crippen LogP contribution in [0.15, 0.2) is 35.3 Å². The molecule has 3 rings (SSSR count). The summed E-state index contributed by atoms with van der Waals surface area (Å²) >= 11 is 0. The summed E-state index contributed by atoms with van der Waals surface area (Å²) in [5.74, 6) is 1.32. The molecule has 1 heterocycles. The molecule has 1 aliphatic carbocycles. The third-order valence-electron chi connectivity index (χ3n) is 5.68. The lowest BCUT2D eigenvalue weighted by atomic mass is 9.57. The predicted molar refractivity (Wildman–Crippen MR) is 116 cm³/mol. The molecule has 0 radical (unpaired) electrons. The highest BCUT2D eigenvalue weighted by atomic mass is 127. The van der Waals surface area contributed by atoms with E-state index in [9.17, 15) is 5.11 Å². The lowest BCUT2D eigenvalue weighted by Gasteiger charge is -2.55. The maximum absolute atomic E-state index is 10.8. The van der Waals surface area contributed by atoms with E-state index in [-0.39, 0.29) is 29.4 Å². The lowest BCUT2D eigenvalue weighted by Crippen LogP contribution is -2.68. The van der Waals surface area contributed by atoms with E-state index in [1.165, 1.54) is 0 Å². The van der Waals surface area contributed by atoms with Crippen LogP contribution in [-0.4, -0.2) is 42.9 Å². The average molecular weight is 473 g/mol. The van der Waals surface area contributed by atoms with Gasteiger partial charge in [-0.1, -0.05) is 44.2 Å². The smallest absolute Gasteiger partial charge is 0.191 e. The summed E-state index contributed by atoms with van der Waals surface area (Å²) in [6.07, 6.45) is 1.45. The first-order chi connectivity index (χ1) is 11.9. The third kappa shape index (κ3) is 4.17. The number of benzene rings is 1. The van der Waals surface area contributed by atoms with Gasteiger partial charge < -0.3 is 20.5 Å². The van der Waals surface area contributed by atoms with Crippen molar-refractivity contribution in [2.75, 3.05) is 19.7 Å². The van der Waals surface area contributed by atoms with E-state index in [2.05, 4.69) is 36.4 Å². The lowest BCUT2D eigenvalue weighted by molar-refractivity contribution is -0.106. The fourth-order valence-electron chi connectivity index (χ4n) is 4.21. The van der Waals surface area contributed by atoms with Gasteiger partial charge in [-0.25, -0.2) is 4.99 Å². The van der Waals surface area contributed by atoms with Crippen molar-refractivity contribution < 1.29 is 9.84 Å². The van der Waals surface area contributed by atoms with Gasteiger partial charge in [0.25, 0.3) is 0 Å². The number of nitrogens with one attached hydrogen (secondary N) is 2. The number of hydrogen-bond donors (Lipinski definition) is 3. The SMILES string of the molecule is CCNC(=NCC(C)(O)c1ccccc1)NC1C2CCOC2C1(C)C.I. The first-order valence-corrected chi connectivity index (χ1v) is 9.30. The highest BCUT2D eigenvalue weighted by Crippen LogP contribution is 2.52. The van der Waals surface area contributed by atoms with Crippen LogP contribution in [-0.2, 0) is 10.3 Å². The quantitative estimate of drug-likeness (QED) is 0.350. The molecule has 4 atom stereocenters. The third-order valence-corrected chi connectivity index (χ3v) is 5.68. The zero-order valence-electron chi connectivity index (χ0n) is 16.2. The molecule has 2 aliphatic rings. The number of nitrogens with zero attached hydrogens (tertiary/aromatic N) is 1. The Morgan fingerprint density at radius 1 is 1.35 bits per heavy atom. The summed E-state index contributed by atoms with van der Waals surface area (Å²) in [4.78, 5) is 4.67. The van der Waals surface area contributed by atoms with E-state index >= 15 is 0 Å². The normalized spacial score (nSPS) is 29.0. The van der Waals surface area contributed by atoms with E-state index in [0.29, 0.717) is 24.6 Å². The Hall–Kier alpha value is -0.860. The van der Waals surface area contributed by atoms with Gasteiger partial charge >= 0.3 is 0 Å². The number of rotatable bonds is 5. The molecule has 26 heavy (non-hydrogen) atoms. The van der Waals surface area contributed by atoms with Gasteiger partial charge in [0.05, 0.1) is 12.6 Å². The molecule has 4 unspecified atom stereocenters. The number of ether oxygens (including phenoxy) is 1. The standard InChI is InChI=1S/C20H31N3O2.HI/c1-5-21-18(22-13-20(4,24)14-9-7-6-8-10-14)23-16-15-11-12-25-17(15)19(16,2)3;/h6-10,15-17,24H,5,11-13H2,1-4H3,(H2,21,22,23);1H. The Morgan fingerprint density at radius 3 is 2.69 bits per heavy atom. The molecule has 0 spiro atoms. The molecule has 5 nitrogen and oxygen atoms in total. The van der Waals surface area contributed by atoms with Gasteiger partial charge in [0, 0.05) is 30.5 Å². The first kappa shape index (κ1) is 21.4. The molecule has 3 N–H and O–H groups in total. The van der Waals surface area contributed by atoms with Crippen LogP contribution >= 0.6 is 24.0 Å². The van der Waals surface area contributed by atoms with Crippen LogP contribution in [0.25, 0.3) is 0 Å². The summed E-state index contributed by atoms with van der Waals surface area (Å²) in [6, 6.07) is 10.0. The molecule has 146 valence electrons. The zero-order valence-corrected chi connectivity index (χ0v) is 18.5. The van der Waals surface area contributed by atoms with Crippen molar-refractivity contribution in [1.82, 2.24) is 10.6 Å². The van der Waals surface area contributed by atoms with Crippen LogP contribution in [0.4, 0.5) is 0 Å². The van der Waals surface area contributed by atoms with Crippen molar-refractivity contribution >= 4 is 29.9 Å². The second-order valence-electron chi connectivity index (χ2n) is 8.02. The van der Waals surface area contributed by atoms with Crippen molar-refractivity contribution in [2.45, 2.75) is 51.9 Å². The number of fused-ring (bicyclic) bond motifs is 1. The fourth-order valence-corrected chi connectivity index (χ4v) is 4.21. The average Bonchev–Trinajstić information content (AvgIpc) is 3.05. The van der Waals surface area contributed by atoms with Crippen LogP contribution in [0.1, 0.15) is 39.7 Å². The number of aliphatic imine (C=N–C) groups is 1. The molecular weight excluding hydrogens is 441 g/mol. The van der Waals surface area contributed by atoms with Gasteiger partial charge in [0.15, 0.2) is 5.96 Å². The molecule has 2 fully saturated rings. The van der Waals surface area contributed by atoms with Crippen molar-refractivity contribution in [3.63, 3.8) is 0 Å². The highest BCUT2D eigenvalue weighted by molar-refractivity contribution is 14.0. The van der Waals surface area contributed by atoms with Gasteiger partial charge in [-0.05, 0) is 25.8 Å². The van der Waals surface area contributed by atoms with E-state index in [0.717, 1.165) is 31.1 Å². The minimum atomic E-state index is -0.988. The first-order valence-electron chi connectivity index (χ1n) is 9.30. The minimum Gasteiger partial charge on any atom is -0.384 e. The molecule has 1 aromatic carbocycles. The van der Waals surface area contributed by atoms with E-state index in [1.54, 1.807) is 0 Å². The summed E-state index contributed by atoms with van der Waals surface area (Å²) in [6.45, 7) is 10.3. The monoisotopic (exact) mass is 473 g/mol. The fraction of sp³-hybridized carbons (Fsp3) is 0.650. The Morgan fingerprint density at radius 2 is 2.04 bits per heavy atom. The van der Waals surface area contributed by atoms with Gasteiger partial charge in [0.2, 0.25) is 0 Å². The molecule has 1 saturated carbocycles. The van der Waals surface area contributed by atoms with Gasteiger partial charge in [-0.3, -0.25) is 0 Å². The topological polar surface area (TPSA) is 65.9 Å². The summed E-state index contributed by atoms with van der Waals surface area (Å²) < 4.78 is 5.87. The van der Waals surface area contributed by atoms with Gasteiger partial charge in [-0.15, -0.1) is 24.0 Å². The Labute approximate surface area is 174 Å². The summed E-state index contributed by atoms with van der Waals surface area (Å²) in [7, 11) is 0. The number of guanidine groups is 1. The summed E-state index contributed by atoms with van der Waals surface area (Å²) in [5, 5.41) is 17.7. The molecule has 1 aliphatic heterocycles. The van der Waals surface area contributed by atoms with Crippen LogP contribution < -0.4 is 10.6 Å². The van der Waals surface area contributed by atoms with Crippen molar-refractivity contribution in [2.24, 2.45) is 16.3 Å². The predicted octanol–water partition coefficient (Wildman–Crippen LogP) is 2.88. The van der Waals surface area contributed by atoms with Gasteiger partial charge in [-0.2, -0.15) is 0 Å². The van der Waals surface area contributed by atoms with Gasteiger partial charge in [0.1, 0.15) is 5.60 Å². The second-order valence-corrected chi connectivity index (χ2v) is 8.02. The Kier molecular flexibility index (Phi) is 6.96. The van der Waals surface area contributed by atoms with Crippen molar-refractivity contribution in [3.05, 3.63) is 35.9 Å². The highest BCUT2D eigenvalue weighted by Gasteiger charge is 2.59. The molecule has 6 heteroatoms. The maximum Gasteiger partial charge on any atom is 0.191 e. The minimum absolute atomic E-state index is 0. The molecule has 1 saturated heterocycles. The molecular formula is C20H32IN3O2. The number of hydrogen-bond acceptors (Lipinski definition) is 3. The van der Waals surface area contributed by atoms with Crippen molar-refractivity contribution in [1.29, 1.82) is 0 Å². The Bertz CT molecular complexity index is 619. The van der Waals surface area contributed by atoms with Crippen LogP contribution in [0.5, 0.6) is 0 Å². The molecule has 1 aromatic rings. The number of aliphatic hydroxyl groups is 1. The number of halogens is 1. The summed E-state index contributed by atoms with van der Waals surface area (Å²) in [5.41, 5.74) is -0.0142. The zero-order chi connectivity index (χ0) is 18.1. The molecule has 0 amide bonds. The van der Waals surface area contributed by atoms with Crippen LogP contribution in [0.2, 0.25) is 0 Å². The molecule has 0 bridgehead atoms. The van der Waals surface area contributed by atoms with E-state index in [4.69, 9.17) is 4.74 Å². The van der Waals surface area contributed by atoms with E-state index < -0.39 is 5.60 Å². The Balaban J connectivity index is 0.00000243. The molecule has 0 aromatic heterocycles. The van der Waals surface area contributed by atoms with Crippen LogP contribution in [0.3, 0.4) is 0 Å². The maximum atomic E-state index is 10.8. The second kappa shape index (κ2) is 8.44.